The molecule has 1 atom stereocenters. The second-order valence-electron chi connectivity index (χ2n) is 5.90. The summed E-state index contributed by atoms with van der Waals surface area (Å²) in [6, 6.07) is 8.61. The van der Waals surface area contributed by atoms with Crippen LogP contribution in [0.1, 0.15) is 55.5 Å². The topological polar surface area (TPSA) is 32.3 Å². The van der Waals surface area contributed by atoms with Crippen LogP contribution in [0.3, 0.4) is 0 Å². The summed E-state index contributed by atoms with van der Waals surface area (Å²) in [5.74, 6) is 0.214. The molecule has 0 bridgehead atoms. The second kappa shape index (κ2) is 8.18. The van der Waals surface area contributed by atoms with Crippen LogP contribution in [-0.2, 0) is 6.42 Å². The fraction of sp³-hybridized carbons (Fsp3) is 0.611. The summed E-state index contributed by atoms with van der Waals surface area (Å²) < 4.78 is 0. The standard InChI is InChI=1S/C18H28N2O/c1-3-12-19-16(4-2)9-7-13-20-14-11-15-8-5-6-10-17(15)18(20)21/h5-6,8,10,16,19H,3-4,7,9,11-14H2,1-2H3. The van der Waals surface area contributed by atoms with Crippen molar-refractivity contribution in [3.63, 3.8) is 0 Å². The molecule has 0 aliphatic carbocycles. The minimum Gasteiger partial charge on any atom is -0.338 e. The van der Waals surface area contributed by atoms with E-state index < -0.39 is 0 Å². The van der Waals surface area contributed by atoms with E-state index >= 15 is 0 Å². The molecule has 1 heterocycles. The fourth-order valence-corrected chi connectivity index (χ4v) is 3.02. The Balaban J connectivity index is 1.81. The first-order chi connectivity index (χ1) is 10.3. The molecule has 0 aromatic heterocycles. The molecule has 2 rings (SSSR count). The molecule has 0 spiro atoms. The van der Waals surface area contributed by atoms with Crippen LogP contribution in [0.5, 0.6) is 0 Å². The van der Waals surface area contributed by atoms with E-state index in [0.717, 1.165) is 50.9 Å². The highest BCUT2D eigenvalue weighted by Gasteiger charge is 2.23. The van der Waals surface area contributed by atoms with Gasteiger partial charge in [0.25, 0.3) is 5.91 Å². The number of nitrogens with one attached hydrogen (secondary N) is 1. The predicted octanol–water partition coefficient (Wildman–Crippen LogP) is 3.24. The van der Waals surface area contributed by atoms with E-state index in [1.807, 2.05) is 23.1 Å². The molecule has 3 nitrogen and oxygen atoms in total. The highest BCUT2D eigenvalue weighted by Crippen LogP contribution is 2.19. The summed E-state index contributed by atoms with van der Waals surface area (Å²) in [5.41, 5.74) is 2.11. The van der Waals surface area contributed by atoms with Gasteiger partial charge in [-0.05, 0) is 50.3 Å². The van der Waals surface area contributed by atoms with E-state index in [-0.39, 0.29) is 5.91 Å². The fourth-order valence-electron chi connectivity index (χ4n) is 3.02. The van der Waals surface area contributed by atoms with E-state index in [0.29, 0.717) is 6.04 Å². The summed E-state index contributed by atoms with van der Waals surface area (Å²) in [5, 5.41) is 3.58. The normalized spacial score (nSPS) is 15.9. The first-order valence-corrected chi connectivity index (χ1v) is 8.36. The van der Waals surface area contributed by atoms with E-state index in [4.69, 9.17) is 0 Å². The smallest absolute Gasteiger partial charge is 0.254 e. The zero-order valence-corrected chi connectivity index (χ0v) is 13.4. The Bertz CT molecular complexity index is 458. The molecule has 0 saturated heterocycles. The number of amides is 1. The maximum absolute atomic E-state index is 12.4. The van der Waals surface area contributed by atoms with Gasteiger partial charge in [-0.1, -0.05) is 32.0 Å². The summed E-state index contributed by atoms with van der Waals surface area (Å²) in [7, 11) is 0. The van der Waals surface area contributed by atoms with Crippen molar-refractivity contribution >= 4 is 5.91 Å². The summed E-state index contributed by atoms with van der Waals surface area (Å²) in [6.45, 7) is 7.28. The van der Waals surface area contributed by atoms with Crippen LogP contribution in [-0.4, -0.2) is 36.5 Å². The van der Waals surface area contributed by atoms with Gasteiger partial charge < -0.3 is 10.2 Å². The third-order valence-electron chi connectivity index (χ3n) is 4.34. The van der Waals surface area contributed by atoms with Gasteiger partial charge in [-0.3, -0.25) is 4.79 Å². The number of rotatable bonds is 8. The van der Waals surface area contributed by atoms with Gasteiger partial charge in [-0.15, -0.1) is 0 Å². The molecule has 1 aliphatic heterocycles. The number of nitrogens with zero attached hydrogens (tertiary/aromatic N) is 1. The lowest BCUT2D eigenvalue weighted by molar-refractivity contribution is 0.0735. The molecular weight excluding hydrogens is 260 g/mol. The van der Waals surface area contributed by atoms with Crippen LogP contribution >= 0.6 is 0 Å². The Labute approximate surface area is 128 Å². The number of carbonyl (C=O) groups excluding carboxylic acids is 1. The Morgan fingerprint density at radius 3 is 2.86 bits per heavy atom. The lowest BCUT2D eigenvalue weighted by Gasteiger charge is -2.29. The van der Waals surface area contributed by atoms with Gasteiger partial charge in [0.1, 0.15) is 0 Å². The van der Waals surface area contributed by atoms with Gasteiger partial charge in [-0.25, -0.2) is 0 Å². The Morgan fingerprint density at radius 2 is 2.10 bits per heavy atom. The van der Waals surface area contributed by atoms with Crippen LogP contribution in [0.2, 0.25) is 0 Å². The number of hydrogen-bond acceptors (Lipinski definition) is 2. The molecule has 3 heteroatoms. The van der Waals surface area contributed by atoms with Crippen molar-refractivity contribution in [3.05, 3.63) is 35.4 Å². The quantitative estimate of drug-likeness (QED) is 0.796. The molecule has 1 N–H and O–H groups in total. The molecule has 21 heavy (non-hydrogen) atoms. The molecule has 0 radical (unpaired) electrons. The first-order valence-electron chi connectivity index (χ1n) is 8.36. The molecule has 0 fully saturated rings. The lowest BCUT2D eigenvalue weighted by atomic mass is 9.98. The van der Waals surface area contributed by atoms with Gasteiger partial charge >= 0.3 is 0 Å². The Morgan fingerprint density at radius 1 is 1.29 bits per heavy atom. The molecular formula is C18H28N2O. The third kappa shape index (κ3) is 4.31. The highest BCUT2D eigenvalue weighted by atomic mass is 16.2. The van der Waals surface area contributed by atoms with E-state index in [1.54, 1.807) is 0 Å². The molecule has 1 aromatic rings. The van der Waals surface area contributed by atoms with E-state index in [2.05, 4.69) is 25.2 Å². The van der Waals surface area contributed by atoms with Gasteiger partial charge in [0.05, 0.1) is 0 Å². The van der Waals surface area contributed by atoms with Crippen molar-refractivity contribution in [1.29, 1.82) is 0 Å². The SMILES string of the molecule is CCCNC(CC)CCCN1CCc2ccccc2C1=O. The summed E-state index contributed by atoms with van der Waals surface area (Å²) in [6.07, 6.45) is 5.58. The Kier molecular flexibility index (Phi) is 6.24. The number of hydrogen-bond donors (Lipinski definition) is 1. The largest absolute Gasteiger partial charge is 0.338 e. The molecule has 0 saturated carbocycles. The first kappa shape index (κ1) is 16.0. The monoisotopic (exact) mass is 288 g/mol. The second-order valence-corrected chi connectivity index (χ2v) is 5.90. The van der Waals surface area contributed by atoms with Gasteiger partial charge in [-0.2, -0.15) is 0 Å². The average molecular weight is 288 g/mol. The maximum Gasteiger partial charge on any atom is 0.254 e. The van der Waals surface area contributed by atoms with E-state index in [9.17, 15) is 4.79 Å². The zero-order valence-electron chi connectivity index (χ0n) is 13.4. The van der Waals surface area contributed by atoms with Crippen LogP contribution in [0, 0.1) is 0 Å². The summed E-state index contributed by atoms with van der Waals surface area (Å²) in [4.78, 5) is 14.5. The van der Waals surface area contributed by atoms with Crippen molar-refractivity contribution in [1.82, 2.24) is 10.2 Å². The van der Waals surface area contributed by atoms with Crippen molar-refractivity contribution in [2.45, 2.75) is 52.0 Å². The predicted molar refractivity (Wildman–Crippen MR) is 87.7 cm³/mol. The van der Waals surface area contributed by atoms with Crippen molar-refractivity contribution in [2.75, 3.05) is 19.6 Å². The highest BCUT2D eigenvalue weighted by molar-refractivity contribution is 5.96. The van der Waals surface area contributed by atoms with Gasteiger partial charge in [0, 0.05) is 24.7 Å². The number of carbonyl (C=O) groups is 1. The van der Waals surface area contributed by atoms with Crippen LogP contribution in [0.4, 0.5) is 0 Å². The number of fused-ring (bicyclic) bond motifs is 1. The zero-order chi connectivity index (χ0) is 15.1. The molecule has 1 unspecified atom stereocenters. The van der Waals surface area contributed by atoms with Crippen LogP contribution in [0.15, 0.2) is 24.3 Å². The average Bonchev–Trinajstić information content (AvgIpc) is 2.53. The molecule has 1 amide bonds. The van der Waals surface area contributed by atoms with Crippen molar-refractivity contribution < 1.29 is 4.79 Å². The van der Waals surface area contributed by atoms with E-state index in [1.165, 1.54) is 12.0 Å². The lowest BCUT2D eigenvalue weighted by Crippen LogP contribution is -2.39. The molecule has 116 valence electrons. The van der Waals surface area contributed by atoms with Crippen LogP contribution < -0.4 is 5.32 Å². The number of benzene rings is 1. The Hall–Kier alpha value is -1.35. The van der Waals surface area contributed by atoms with Crippen molar-refractivity contribution in [2.24, 2.45) is 0 Å². The molecule has 1 aromatic carbocycles. The van der Waals surface area contributed by atoms with Crippen molar-refractivity contribution in [3.8, 4) is 0 Å². The van der Waals surface area contributed by atoms with Gasteiger partial charge in [0.2, 0.25) is 0 Å². The minimum absolute atomic E-state index is 0.214. The third-order valence-corrected chi connectivity index (χ3v) is 4.34. The minimum atomic E-state index is 0.214. The van der Waals surface area contributed by atoms with Gasteiger partial charge in [0.15, 0.2) is 0 Å². The summed E-state index contributed by atoms with van der Waals surface area (Å²) >= 11 is 0. The maximum atomic E-state index is 12.4. The van der Waals surface area contributed by atoms with Crippen LogP contribution in [0.25, 0.3) is 0 Å². The molecule has 1 aliphatic rings.